The number of carbonyl (C=O) groups excluding carboxylic acids is 1. The van der Waals surface area contributed by atoms with Crippen LogP contribution in [-0.4, -0.2) is 50.3 Å². The molecule has 0 aromatic heterocycles. The summed E-state index contributed by atoms with van der Waals surface area (Å²) in [6.07, 6.45) is 0. The van der Waals surface area contributed by atoms with Crippen molar-refractivity contribution in [2.24, 2.45) is 0 Å². The van der Waals surface area contributed by atoms with Crippen LogP contribution in [0.4, 0.5) is 10.5 Å². The second-order valence-electron chi connectivity index (χ2n) is 5.06. The van der Waals surface area contributed by atoms with Gasteiger partial charge in [-0.1, -0.05) is 18.2 Å². The van der Waals surface area contributed by atoms with Gasteiger partial charge in [0.15, 0.2) is 0 Å². The van der Waals surface area contributed by atoms with Crippen LogP contribution in [0, 0.1) is 0 Å². The van der Waals surface area contributed by atoms with Crippen LogP contribution in [0.2, 0.25) is 0 Å². The quantitative estimate of drug-likeness (QED) is 0.903. The van der Waals surface area contributed by atoms with E-state index in [4.69, 9.17) is 4.74 Å². The molecule has 1 aromatic rings. The van der Waals surface area contributed by atoms with Gasteiger partial charge in [0.1, 0.15) is 0 Å². The molecule has 0 aliphatic carbocycles. The van der Waals surface area contributed by atoms with Crippen LogP contribution in [0.15, 0.2) is 24.3 Å². The summed E-state index contributed by atoms with van der Waals surface area (Å²) in [5, 5.41) is 3.01. The minimum absolute atomic E-state index is 0.00298. The number of hydrogen-bond acceptors (Lipinski definition) is 3. The largest absolute Gasteiger partial charge is 0.378 e. The van der Waals surface area contributed by atoms with Crippen LogP contribution < -0.4 is 10.2 Å². The molecule has 1 aromatic carbocycles. The Labute approximate surface area is 126 Å². The number of nitrogens with zero attached hydrogens (tertiary/aromatic N) is 2. The van der Waals surface area contributed by atoms with E-state index in [1.807, 2.05) is 26.0 Å². The average molecular weight is 291 g/mol. The van der Waals surface area contributed by atoms with Gasteiger partial charge in [0.25, 0.3) is 0 Å². The summed E-state index contributed by atoms with van der Waals surface area (Å²) in [4.78, 5) is 16.2. The molecule has 1 saturated heterocycles. The molecule has 21 heavy (non-hydrogen) atoms. The Morgan fingerprint density at radius 3 is 2.57 bits per heavy atom. The Balaban J connectivity index is 2.01. The van der Waals surface area contributed by atoms with Gasteiger partial charge in [-0.15, -0.1) is 0 Å². The molecule has 1 fully saturated rings. The molecule has 0 saturated carbocycles. The lowest BCUT2D eigenvalue weighted by Gasteiger charge is -2.30. The number of amides is 2. The standard InChI is InChI=1S/C16H25N3O2/c1-3-18(4-2)16(20)17-13-14-7-5-6-8-15(14)19-9-11-21-12-10-19/h5-8H,3-4,9-13H2,1-2H3,(H,17,20). The summed E-state index contributed by atoms with van der Waals surface area (Å²) >= 11 is 0. The van der Waals surface area contributed by atoms with Crippen molar-refractivity contribution >= 4 is 11.7 Å². The third-order valence-corrected chi connectivity index (χ3v) is 3.82. The number of ether oxygens (including phenoxy) is 1. The SMILES string of the molecule is CCN(CC)C(=O)NCc1ccccc1N1CCOCC1. The van der Waals surface area contributed by atoms with Crippen molar-refractivity contribution in [2.45, 2.75) is 20.4 Å². The highest BCUT2D eigenvalue weighted by Crippen LogP contribution is 2.21. The summed E-state index contributed by atoms with van der Waals surface area (Å²) in [5.41, 5.74) is 2.35. The molecular weight excluding hydrogens is 266 g/mol. The molecule has 0 spiro atoms. The van der Waals surface area contributed by atoms with Gasteiger partial charge < -0.3 is 19.9 Å². The van der Waals surface area contributed by atoms with Crippen LogP contribution >= 0.6 is 0 Å². The van der Waals surface area contributed by atoms with Gasteiger partial charge in [-0.3, -0.25) is 0 Å². The Bertz CT molecular complexity index is 455. The zero-order chi connectivity index (χ0) is 15.1. The zero-order valence-electron chi connectivity index (χ0n) is 13.0. The highest BCUT2D eigenvalue weighted by molar-refractivity contribution is 5.74. The Kier molecular flexibility index (Phi) is 5.87. The maximum absolute atomic E-state index is 12.0. The van der Waals surface area contributed by atoms with E-state index in [0.717, 1.165) is 45.0 Å². The maximum atomic E-state index is 12.0. The van der Waals surface area contributed by atoms with Gasteiger partial charge in [0.05, 0.1) is 13.2 Å². The molecule has 2 rings (SSSR count). The van der Waals surface area contributed by atoms with Gasteiger partial charge in [-0.05, 0) is 25.5 Å². The predicted octanol–water partition coefficient (Wildman–Crippen LogP) is 2.07. The van der Waals surface area contributed by atoms with Gasteiger partial charge in [0, 0.05) is 38.4 Å². The van der Waals surface area contributed by atoms with E-state index in [9.17, 15) is 4.79 Å². The molecule has 5 heteroatoms. The predicted molar refractivity (Wildman–Crippen MR) is 84.6 cm³/mol. The Hall–Kier alpha value is -1.75. The number of carbonyl (C=O) groups is 1. The monoisotopic (exact) mass is 291 g/mol. The van der Waals surface area contributed by atoms with Crippen molar-refractivity contribution in [3.05, 3.63) is 29.8 Å². The van der Waals surface area contributed by atoms with Crippen LogP contribution in [-0.2, 0) is 11.3 Å². The van der Waals surface area contributed by atoms with Crippen LogP contribution in [0.5, 0.6) is 0 Å². The smallest absolute Gasteiger partial charge is 0.317 e. The highest BCUT2D eigenvalue weighted by Gasteiger charge is 2.15. The first-order valence-corrected chi connectivity index (χ1v) is 7.69. The number of anilines is 1. The molecule has 1 aliphatic heterocycles. The van der Waals surface area contributed by atoms with Gasteiger partial charge in [-0.2, -0.15) is 0 Å². The first-order chi connectivity index (χ1) is 10.3. The normalized spacial score (nSPS) is 14.9. The van der Waals surface area contributed by atoms with E-state index in [-0.39, 0.29) is 6.03 Å². The number of nitrogens with one attached hydrogen (secondary N) is 1. The van der Waals surface area contributed by atoms with Crippen molar-refractivity contribution in [3.8, 4) is 0 Å². The number of morpholine rings is 1. The molecule has 0 bridgehead atoms. The summed E-state index contributed by atoms with van der Waals surface area (Å²) in [5.74, 6) is 0. The number of rotatable bonds is 5. The van der Waals surface area contributed by atoms with Gasteiger partial charge >= 0.3 is 6.03 Å². The molecule has 5 nitrogen and oxygen atoms in total. The molecule has 1 heterocycles. The summed E-state index contributed by atoms with van der Waals surface area (Å²) < 4.78 is 5.40. The molecule has 1 aliphatic rings. The molecule has 2 amide bonds. The lowest BCUT2D eigenvalue weighted by atomic mass is 10.1. The zero-order valence-corrected chi connectivity index (χ0v) is 13.0. The fourth-order valence-corrected chi connectivity index (χ4v) is 2.57. The van der Waals surface area contributed by atoms with Crippen molar-refractivity contribution in [3.63, 3.8) is 0 Å². The lowest BCUT2D eigenvalue weighted by Crippen LogP contribution is -2.40. The van der Waals surface area contributed by atoms with Gasteiger partial charge in [-0.25, -0.2) is 4.79 Å². The summed E-state index contributed by atoms with van der Waals surface area (Å²) in [6.45, 7) is 9.33. The topological polar surface area (TPSA) is 44.8 Å². The van der Waals surface area contributed by atoms with E-state index in [1.54, 1.807) is 4.90 Å². The third kappa shape index (κ3) is 4.11. The molecular formula is C16H25N3O2. The second kappa shape index (κ2) is 7.88. The number of hydrogen-bond donors (Lipinski definition) is 1. The first kappa shape index (κ1) is 15.6. The molecule has 0 radical (unpaired) electrons. The highest BCUT2D eigenvalue weighted by atomic mass is 16.5. The molecule has 0 unspecified atom stereocenters. The second-order valence-corrected chi connectivity index (χ2v) is 5.06. The molecule has 0 atom stereocenters. The lowest BCUT2D eigenvalue weighted by molar-refractivity contribution is 0.122. The fourth-order valence-electron chi connectivity index (χ4n) is 2.57. The summed E-state index contributed by atoms with van der Waals surface area (Å²) in [6, 6.07) is 8.25. The van der Waals surface area contributed by atoms with E-state index in [0.29, 0.717) is 6.54 Å². The van der Waals surface area contributed by atoms with Crippen molar-refractivity contribution in [1.29, 1.82) is 0 Å². The van der Waals surface area contributed by atoms with Crippen LogP contribution in [0.3, 0.4) is 0 Å². The Morgan fingerprint density at radius 2 is 1.90 bits per heavy atom. The number of urea groups is 1. The average Bonchev–Trinajstić information content (AvgIpc) is 2.55. The van der Waals surface area contributed by atoms with E-state index in [1.165, 1.54) is 5.69 Å². The van der Waals surface area contributed by atoms with E-state index in [2.05, 4.69) is 22.3 Å². The summed E-state index contributed by atoms with van der Waals surface area (Å²) in [7, 11) is 0. The van der Waals surface area contributed by atoms with Gasteiger partial charge in [0.2, 0.25) is 0 Å². The van der Waals surface area contributed by atoms with Crippen molar-refractivity contribution in [1.82, 2.24) is 10.2 Å². The molecule has 1 N–H and O–H groups in total. The first-order valence-electron chi connectivity index (χ1n) is 7.69. The number of benzene rings is 1. The van der Waals surface area contributed by atoms with Crippen LogP contribution in [0.25, 0.3) is 0 Å². The number of para-hydroxylation sites is 1. The van der Waals surface area contributed by atoms with Crippen molar-refractivity contribution in [2.75, 3.05) is 44.3 Å². The third-order valence-electron chi connectivity index (χ3n) is 3.82. The Morgan fingerprint density at radius 1 is 1.24 bits per heavy atom. The molecule has 116 valence electrons. The van der Waals surface area contributed by atoms with Crippen molar-refractivity contribution < 1.29 is 9.53 Å². The van der Waals surface area contributed by atoms with E-state index < -0.39 is 0 Å². The van der Waals surface area contributed by atoms with Crippen LogP contribution in [0.1, 0.15) is 19.4 Å². The minimum atomic E-state index is -0.00298. The van der Waals surface area contributed by atoms with E-state index >= 15 is 0 Å². The fraction of sp³-hybridized carbons (Fsp3) is 0.562. The minimum Gasteiger partial charge on any atom is -0.378 e. The maximum Gasteiger partial charge on any atom is 0.317 e.